The quantitative estimate of drug-likeness (QED) is 0.172. The van der Waals surface area contributed by atoms with Gasteiger partial charge in [0.15, 0.2) is 0 Å². The first-order valence-corrected chi connectivity index (χ1v) is 21.6. The molecule has 0 saturated carbocycles. The minimum Gasteiger partial charge on any atom is -0.489 e. The van der Waals surface area contributed by atoms with Gasteiger partial charge in [-0.25, -0.2) is 4.79 Å². The second-order valence-electron chi connectivity index (χ2n) is 15.1. The van der Waals surface area contributed by atoms with E-state index in [-0.39, 0.29) is 36.7 Å². The number of hydrogen-bond acceptors (Lipinski definition) is 4. The third-order valence-electron chi connectivity index (χ3n) is 10.7. The number of fused-ring (bicyclic) bond motifs is 1. The predicted molar refractivity (Wildman–Crippen MR) is 227 cm³/mol. The number of carboxylic acid groups (broad SMARTS) is 1. The maximum Gasteiger partial charge on any atom is 0.352 e. The van der Waals surface area contributed by atoms with Gasteiger partial charge in [0.1, 0.15) is 24.1 Å². The Labute approximate surface area is 346 Å². The lowest BCUT2D eigenvalue weighted by Gasteiger charge is -2.32. The van der Waals surface area contributed by atoms with Gasteiger partial charge >= 0.3 is 5.97 Å². The molecule has 3 N–H and O–H groups in total. The molecule has 302 valence electrons. The van der Waals surface area contributed by atoms with E-state index in [1.165, 1.54) is 64.2 Å². The number of aromatic carboxylic acids is 1. The Morgan fingerprint density at radius 1 is 0.696 bits per heavy atom. The van der Waals surface area contributed by atoms with Crippen LogP contribution < -0.4 is 10.1 Å². The van der Waals surface area contributed by atoms with E-state index in [9.17, 15) is 19.5 Å². The molecule has 1 aliphatic heterocycles. The smallest absolute Gasteiger partial charge is 0.352 e. The Kier molecular flexibility index (Phi) is 17.7. The average molecular weight is 825 g/mol. The molecule has 4 aromatic rings. The zero-order valence-corrected chi connectivity index (χ0v) is 34.6. The van der Waals surface area contributed by atoms with Gasteiger partial charge in [-0.3, -0.25) is 9.59 Å². The Balaban J connectivity index is 1.42. The summed E-state index contributed by atoms with van der Waals surface area (Å²) in [6, 6.07) is 16.6. The van der Waals surface area contributed by atoms with Crippen molar-refractivity contribution in [2.24, 2.45) is 0 Å². The molecular formula is C45H56Cl3N3O5. The molecule has 5 rings (SSSR count). The van der Waals surface area contributed by atoms with Crippen LogP contribution in [0.2, 0.25) is 15.1 Å². The van der Waals surface area contributed by atoms with Crippen LogP contribution in [0.1, 0.15) is 149 Å². The molecule has 1 fully saturated rings. The largest absolute Gasteiger partial charge is 0.489 e. The average Bonchev–Trinajstić information content (AvgIpc) is 3.55. The standard InChI is InChI=1S/C45H56Cl3N3O5/c46-34-22-25-36-39(29-34)50-42(45(54)55)41(36)43-44(53)49-27-17-15-13-11-9-7-5-3-1-2-4-6-8-10-12-14-16-18-40(52)51(43)30-32-19-23-35(24-20-32)56-31-33-21-26-37(47)38(48)28-33/h19-26,28-29,43,50H,1-18,27,30-31H2,(H,49,53)(H,54,55). The van der Waals surface area contributed by atoms with Crippen molar-refractivity contribution in [2.45, 2.75) is 135 Å². The second kappa shape index (κ2) is 22.9. The molecular weight excluding hydrogens is 769 g/mol. The third-order valence-corrected chi connectivity index (χ3v) is 11.7. The number of carboxylic acids is 1. The maximum atomic E-state index is 14.5. The monoisotopic (exact) mass is 823 g/mol. The Morgan fingerprint density at radius 3 is 1.86 bits per heavy atom. The van der Waals surface area contributed by atoms with E-state index >= 15 is 0 Å². The molecule has 1 aromatic heterocycles. The number of ether oxygens (including phenoxy) is 1. The van der Waals surface area contributed by atoms with E-state index < -0.39 is 17.9 Å². The highest BCUT2D eigenvalue weighted by molar-refractivity contribution is 6.42. The van der Waals surface area contributed by atoms with E-state index in [0.717, 1.165) is 49.7 Å². The molecule has 1 atom stereocenters. The second-order valence-corrected chi connectivity index (χ2v) is 16.3. The van der Waals surface area contributed by atoms with E-state index in [2.05, 4.69) is 10.3 Å². The Morgan fingerprint density at radius 2 is 1.27 bits per heavy atom. The number of amides is 2. The molecule has 56 heavy (non-hydrogen) atoms. The number of carbonyl (C=O) groups excluding carboxylic acids is 2. The van der Waals surface area contributed by atoms with Gasteiger partial charge in [0.25, 0.3) is 0 Å². The van der Waals surface area contributed by atoms with Crippen molar-refractivity contribution in [1.82, 2.24) is 15.2 Å². The highest BCUT2D eigenvalue weighted by Gasteiger charge is 2.37. The van der Waals surface area contributed by atoms with Crippen molar-refractivity contribution in [1.29, 1.82) is 0 Å². The molecule has 0 radical (unpaired) electrons. The normalized spacial score (nSPS) is 18.3. The van der Waals surface area contributed by atoms with E-state index in [0.29, 0.717) is 44.7 Å². The lowest BCUT2D eigenvalue weighted by Crippen LogP contribution is -2.44. The highest BCUT2D eigenvalue weighted by Crippen LogP contribution is 2.36. The van der Waals surface area contributed by atoms with Crippen LogP contribution in [0.4, 0.5) is 0 Å². The van der Waals surface area contributed by atoms with Gasteiger partial charge in [-0.15, -0.1) is 0 Å². The fourth-order valence-corrected chi connectivity index (χ4v) is 8.08. The number of aromatic nitrogens is 1. The molecule has 1 saturated heterocycles. The van der Waals surface area contributed by atoms with Crippen LogP contribution in [0.15, 0.2) is 60.7 Å². The molecule has 11 heteroatoms. The van der Waals surface area contributed by atoms with E-state index in [4.69, 9.17) is 39.5 Å². The minimum absolute atomic E-state index is 0.0866. The lowest BCUT2D eigenvalue weighted by atomic mass is 9.98. The first-order valence-electron chi connectivity index (χ1n) is 20.5. The van der Waals surface area contributed by atoms with Crippen LogP contribution in [0.5, 0.6) is 5.75 Å². The topological polar surface area (TPSA) is 112 Å². The number of carbonyl (C=O) groups is 3. The first-order chi connectivity index (χ1) is 27.2. The summed E-state index contributed by atoms with van der Waals surface area (Å²) in [4.78, 5) is 46.3. The van der Waals surface area contributed by atoms with Crippen LogP contribution in [0.3, 0.4) is 0 Å². The van der Waals surface area contributed by atoms with Gasteiger partial charge in [0.05, 0.1) is 10.0 Å². The van der Waals surface area contributed by atoms with Crippen molar-refractivity contribution in [3.05, 3.63) is 98.1 Å². The van der Waals surface area contributed by atoms with Gasteiger partial charge in [0, 0.05) is 41.0 Å². The van der Waals surface area contributed by atoms with Crippen LogP contribution in [-0.2, 0) is 22.7 Å². The van der Waals surface area contributed by atoms with Crippen molar-refractivity contribution in [2.75, 3.05) is 6.54 Å². The summed E-state index contributed by atoms with van der Waals surface area (Å²) >= 11 is 18.6. The molecule has 3 aromatic carbocycles. The summed E-state index contributed by atoms with van der Waals surface area (Å²) in [5.41, 5.74) is 2.23. The lowest BCUT2D eigenvalue weighted by molar-refractivity contribution is -0.141. The summed E-state index contributed by atoms with van der Waals surface area (Å²) in [6.07, 6.45) is 19.6. The number of halogens is 3. The Hall–Kier alpha value is -3.72. The molecule has 2 heterocycles. The number of aromatic amines is 1. The fraction of sp³-hybridized carbons (Fsp3) is 0.489. The van der Waals surface area contributed by atoms with Crippen molar-refractivity contribution >= 4 is 63.5 Å². The van der Waals surface area contributed by atoms with Crippen molar-refractivity contribution < 1.29 is 24.2 Å². The number of H-pyrrole nitrogens is 1. The molecule has 2 amide bonds. The van der Waals surface area contributed by atoms with Crippen LogP contribution in [0, 0.1) is 0 Å². The molecule has 0 bridgehead atoms. The van der Waals surface area contributed by atoms with Gasteiger partial charge in [-0.1, -0.05) is 155 Å². The molecule has 0 aliphatic carbocycles. The number of benzene rings is 3. The highest BCUT2D eigenvalue weighted by atomic mass is 35.5. The van der Waals surface area contributed by atoms with Crippen LogP contribution >= 0.6 is 34.8 Å². The molecule has 1 aliphatic rings. The van der Waals surface area contributed by atoms with Crippen molar-refractivity contribution in [3.8, 4) is 5.75 Å². The number of hydrogen-bond donors (Lipinski definition) is 3. The third kappa shape index (κ3) is 13.2. The summed E-state index contributed by atoms with van der Waals surface area (Å²) in [5.74, 6) is -1.22. The van der Waals surface area contributed by atoms with Gasteiger partial charge < -0.3 is 25.0 Å². The summed E-state index contributed by atoms with van der Waals surface area (Å²) in [7, 11) is 0. The van der Waals surface area contributed by atoms with Crippen molar-refractivity contribution in [3.63, 3.8) is 0 Å². The van der Waals surface area contributed by atoms with Gasteiger partial charge in [0.2, 0.25) is 11.8 Å². The van der Waals surface area contributed by atoms with E-state index in [1.807, 2.05) is 30.3 Å². The molecule has 1 unspecified atom stereocenters. The van der Waals surface area contributed by atoms with Gasteiger partial charge in [-0.2, -0.15) is 0 Å². The molecule has 8 nitrogen and oxygen atoms in total. The zero-order valence-electron chi connectivity index (χ0n) is 32.4. The summed E-state index contributed by atoms with van der Waals surface area (Å²) in [5, 5.41) is 15.4. The zero-order chi connectivity index (χ0) is 39.7. The molecule has 0 spiro atoms. The summed E-state index contributed by atoms with van der Waals surface area (Å²) < 4.78 is 6.01. The predicted octanol–water partition coefficient (Wildman–Crippen LogP) is 12.6. The number of rotatable bonds is 7. The number of nitrogens with zero attached hydrogens (tertiary/aromatic N) is 1. The minimum atomic E-state index is -1.22. The maximum absolute atomic E-state index is 14.5. The summed E-state index contributed by atoms with van der Waals surface area (Å²) in [6.45, 7) is 0.799. The van der Waals surface area contributed by atoms with Gasteiger partial charge in [-0.05, 0) is 60.4 Å². The Bertz CT molecular complexity index is 1880. The first kappa shape index (κ1) is 43.4. The van der Waals surface area contributed by atoms with Crippen LogP contribution in [-0.4, -0.2) is 39.3 Å². The van der Waals surface area contributed by atoms with Crippen LogP contribution in [0.25, 0.3) is 10.9 Å². The SMILES string of the molecule is O=C(O)c1[nH]c2cc(Cl)ccc2c1C1C(=O)NCCCCCCCCCCCCCCCCCCCC(=O)N1Cc1ccc(OCc2ccc(Cl)c(Cl)c2)cc1. The number of nitrogens with one attached hydrogen (secondary N) is 2. The van der Waals surface area contributed by atoms with E-state index in [1.54, 1.807) is 35.2 Å². The fourth-order valence-electron chi connectivity index (χ4n) is 7.58.